The average Bonchev–Trinajstić information content (AvgIpc) is 2.81. The molecule has 0 aliphatic carbocycles. The predicted octanol–water partition coefficient (Wildman–Crippen LogP) is 5.31. The standard InChI is InChI=1S/C16H16O3.C9H16O2/c1-18-16(19-2,14-11-7-4-8-12-14)15(17)13-9-5-3-6-10-13;1-3-5-6-7-8-11-9(10)4-2/h3-12H,1-2H3;4H,2-3,5-8H2,1H3. The van der Waals surface area contributed by atoms with Gasteiger partial charge in [-0.2, -0.15) is 0 Å². The van der Waals surface area contributed by atoms with Gasteiger partial charge in [0.1, 0.15) is 0 Å². The van der Waals surface area contributed by atoms with Crippen LogP contribution < -0.4 is 0 Å². The van der Waals surface area contributed by atoms with Gasteiger partial charge in [-0.3, -0.25) is 4.79 Å². The largest absolute Gasteiger partial charge is 0.463 e. The number of hydrogen-bond donors (Lipinski definition) is 0. The van der Waals surface area contributed by atoms with E-state index in [4.69, 9.17) is 14.2 Å². The molecule has 0 aliphatic heterocycles. The molecule has 0 aromatic heterocycles. The summed E-state index contributed by atoms with van der Waals surface area (Å²) in [4.78, 5) is 23.2. The van der Waals surface area contributed by atoms with E-state index in [1.165, 1.54) is 33.1 Å². The number of ether oxygens (including phenoxy) is 3. The Balaban J connectivity index is 0.000000352. The fraction of sp³-hybridized carbons (Fsp3) is 0.360. The van der Waals surface area contributed by atoms with Crippen LogP contribution in [0.3, 0.4) is 0 Å². The molecule has 0 saturated carbocycles. The van der Waals surface area contributed by atoms with Crippen LogP contribution in [0.25, 0.3) is 0 Å². The van der Waals surface area contributed by atoms with Gasteiger partial charge < -0.3 is 14.2 Å². The summed E-state index contributed by atoms with van der Waals surface area (Å²) in [6.45, 7) is 5.98. The van der Waals surface area contributed by atoms with Crippen molar-refractivity contribution in [1.29, 1.82) is 0 Å². The first-order valence-corrected chi connectivity index (χ1v) is 10.1. The lowest BCUT2D eigenvalue weighted by atomic mass is 9.96. The minimum atomic E-state index is -1.40. The Kier molecular flexibility index (Phi) is 12.0. The van der Waals surface area contributed by atoms with Gasteiger partial charge in [0, 0.05) is 31.4 Å². The fourth-order valence-corrected chi connectivity index (χ4v) is 2.83. The topological polar surface area (TPSA) is 61.8 Å². The summed E-state index contributed by atoms with van der Waals surface area (Å²) in [5, 5.41) is 0. The maximum atomic E-state index is 12.7. The van der Waals surface area contributed by atoms with E-state index in [-0.39, 0.29) is 11.8 Å². The van der Waals surface area contributed by atoms with E-state index in [1.807, 2.05) is 48.5 Å². The number of hydrogen-bond acceptors (Lipinski definition) is 5. The molecule has 162 valence electrons. The van der Waals surface area contributed by atoms with Crippen molar-refractivity contribution < 1.29 is 23.8 Å². The Morgan fingerprint density at radius 1 is 0.900 bits per heavy atom. The first-order chi connectivity index (χ1) is 14.6. The number of esters is 1. The Labute approximate surface area is 179 Å². The molecule has 0 amide bonds. The van der Waals surface area contributed by atoms with Crippen molar-refractivity contribution in [2.24, 2.45) is 0 Å². The molecule has 0 unspecified atom stereocenters. The zero-order valence-corrected chi connectivity index (χ0v) is 18.1. The smallest absolute Gasteiger partial charge is 0.330 e. The number of methoxy groups -OCH3 is 2. The Hall–Kier alpha value is -2.76. The average molecular weight is 413 g/mol. The van der Waals surface area contributed by atoms with Crippen molar-refractivity contribution in [3.8, 4) is 0 Å². The number of unbranched alkanes of at least 4 members (excludes halogenated alkanes) is 3. The zero-order chi connectivity index (χ0) is 22.2. The molecule has 30 heavy (non-hydrogen) atoms. The van der Waals surface area contributed by atoms with E-state index in [2.05, 4.69) is 13.5 Å². The molecule has 2 aromatic rings. The number of carbonyl (C=O) groups is 2. The van der Waals surface area contributed by atoms with Gasteiger partial charge in [0.2, 0.25) is 5.78 Å². The van der Waals surface area contributed by atoms with Crippen molar-refractivity contribution in [2.45, 2.75) is 38.4 Å². The molecule has 0 radical (unpaired) electrons. The highest BCUT2D eigenvalue weighted by atomic mass is 16.7. The number of benzene rings is 2. The molecule has 5 heteroatoms. The Morgan fingerprint density at radius 3 is 1.97 bits per heavy atom. The van der Waals surface area contributed by atoms with E-state index >= 15 is 0 Å². The van der Waals surface area contributed by atoms with E-state index in [1.54, 1.807) is 12.1 Å². The van der Waals surface area contributed by atoms with Crippen molar-refractivity contribution in [3.05, 3.63) is 84.4 Å². The van der Waals surface area contributed by atoms with E-state index in [9.17, 15) is 9.59 Å². The molecule has 2 aromatic carbocycles. The summed E-state index contributed by atoms with van der Waals surface area (Å²) < 4.78 is 15.6. The maximum Gasteiger partial charge on any atom is 0.330 e. The lowest BCUT2D eigenvalue weighted by Gasteiger charge is -2.29. The highest BCUT2D eigenvalue weighted by Crippen LogP contribution is 2.30. The van der Waals surface area contributed by atoms with Crippen LogP contribution in [0.15, 0.2) is 73.3 Å². The van der Waals surface area contributed by atoms with E-state index < -0.39 is 5.79 Å². The zero-order valence-electron chi connectivity index (χ0n) is 18.1. The summed E-state index contributed by atoms with van der Waals surface area (Å²) in [5.41, 5.74) is 1.23. The van der Waals surface area contributed by atoms with Crippen molar-refractivity contribution in [3.63, 3.8) is 0 Å². The van der Waals surface area contributed by atoms with E-state index in [0.29, 0.717) is 17.7 Å². The molecule has 0 atom stereocenters. The first kappa shape index (κ1) is 25.3. The molecule has 0 spiro atoms. The minimum absolute atomic E-state index is 0.218. The molecule has 2 rings (SSSR count). The van der Waals surface area contributed by atoms with Gasteiger partial charge in [0.05, 0.1) is 6.61 Å². The Bertz CT molecular complexity index is 752. The van der Waals surface area contributed by atoms with Gasteiger partial charge in [-0.15, -0.1) is 0 Å². The normalized spacial score (nSPS) is 10.5. The molecule has 0 heterocycles. The van der Waals surface area contributed by atoms with Crippen molar-refractivity contribution in [2.75, 3.05) is 20.8 Å². The van der Waals surface area contributed by atoms with Crippen LogP contribution in [0.4, 0.5) is 0 Å². The molecule has 0 aliphatic rings. The number of Topliss-reactive ketones (excluding diaryl/α,β-unsaturated/α-hetero) is 1. The van der Waals surface area contributed by atoms with Gasteiger partial charge >= 0.3 is 5.97 Å². The summed E-state index contributed by atoms with van der Waals surface area (Å²) in [7, 11) is 2.94. The molecule has 0 bridgehead atoms. The van der Waals surface area contributed by atoms with E-state index in [0.717, 1.165) is 12.8 Å². The summed E-state index contributed by atoms with van der Waals surface area (Å²) in [6.07, 6.45) is 5.72. The van der Waals surface area contributed by atoms with Crippen LogP contribution in [0.5, 0.6) is 0 Å². The third-order valence-electron chi connectivity index (χ3n) is 4.47. The second-order valence-corrected chi connectivity index (χ2v) is 6.52. The number of rotatable bonds is 11. The highest BCUT2D eigenvalue weighted by Gasteiger charge is 2.41. The van der Waals surface area contributed by atoms with Crippen molar-refractivity contribution >= 4 is 11.8 Å². The Morgan fingerprint density at radius 2 is 1.47 bits per heavy atom. The number of carbonyl (C=O) groups excluding carboxylic acids is 2. The van der Waals surface area contributed by atoms with Crippen LogP contribution in [-0.2, 0) is 24.8 Å². The quantitative estimate of drug-likeness (QED) is 0.165. The molecule has 5 nitrogen and oxygen atoms in total. The first-order valence-electron chi connectivity index (χ1n) is 10.1. The lowest BCUT2D eigenvalue weighted by molar-refractivity contribution is -0.176. The summed E-state index contributed by atoms with van der Waals surface area (Å²) >= 11 is 0. The lowest BCUT2D eigenvalue weighted by Crippen LogP contribution is -2.39. The van der Waals surface area contributed by atoms with Gasteiger partial charge in [-0.1, -0.05) is 93.4 Å². The predicted molar refractivity (Wildman–Crippen MR) is 118 cm³/mol. The third-order valence-corrected chi connectivity index (χ3v) is 4.47. The molecule has 0 fully saturated rings. The van der Waals surface area contributed by atoms with Gasteiger partial charge in [0.25, 0.3) is 5.79 Å². The second kappa shape index (κ2) is 14.3. The SMILES string of the molecule is C=CC(=O)OCCCCCC.COC(OC)(C(=O)c1ccccc1)c1ccccc1. The van der Waals surface area contributed by atoms with Crippen molar-refractivity contribution in [1.82, 2.24) is 0 Å². The van der Waals surface area contributed by atoms with Crippen LogP contribution in [0.2, 0.25) is 0 Å². The van der Waals surface area contributed by atoms with Gasteiger partial charge in [-0.25, -0.2) is 4.79 Å². The summed E-state index contributed by atoms with van der Waals surface area (Å²) in [6, 6.07) is 18.2. The number of ketones is 1. The molecule has 0 saturated heterocycles. The minimum Gasteiger partial charge on any atom is -0.463 e. The van der Waals surface area contributed by atoms with Crippen LogP contribution >= 0.6 is 0 Å². The van der Waals surface area contributed by atoms with Gasteiger partial charge in [0.15, 0.2) is 0 Å². The molecular weight excluding hydrogens is 380 g/mol. The van der Waals surface area contributed by atoms with Crippen LogP contribution in [0, 0.1) is 0 Å². The highest BCUT2D eigenvalue weighted by molar-refractivity contribution is 6.02. The fourth-order valence-electron chi connectivity index (χ4n) is 2.83. The second-order valence-electron chi connectivity index (χ2n) is 6.52. The monoisotopic (exact) mass is 412 g/mol. The summed E-state index contributed by atoms with van der Waals surface area (Å²) in [5.74, 6) is -1.94. The van der Waals surface area contributed by atoms with Crippen LogP contribution in [-0.4, -0.2) is 32.6 Å². The van der Waals surface area contributed by atoms with Crippen LogP contribution in [0.1, 0.15) is 48.5 Å². The maximum absolute atomic E-state index is 12.7. The molecular formula is C25H32O5. The van der Waals surface area contributed by atoms with Gasteiger partial charge in [-0.05, 0) is 6.42 Å². The third kappa shape index (κ3) is 7.58. The molecule has 0 N–H and O–H groups in total.